The van der Waals surface area contributed by atoms with E-state index in [-0.39, 0.29) is 0 Å². The molecule has 1 heterocycles. The fourth-order valence-electron chi connectivity index (χ4n) is 2.46. The zero-order valence-corrected chi connectivity index (χ0v) is 9.97. The Morgan fingerprint density at radius 3 is 2.93 bits per heavy atom. The number of nitrogens with zero attached hydrogens (tertiary/aromatic N) is 1. The molecule has 2 N–H and O–H groups in total. The van der Waals surface area contributed by atoms with E-state index in [1.807, 2.05) is 0 Å². The lowest BCUT2D eigenvalue weighted by Gasteiger charge is -2.31. The van der Waals surface area contributed by atoms with Crippen molar-refractivity contribution in [2.75, 3.05) is 39.8 Å². The molecule has 0 aromatic carbocycles. The summed E-state index contributed by atoms with van der Waals surface area (Å²) in [6.45, 7) is 6.01. The average Bonchev–Trinajstić information content (AvgIpc) is 2.15. The molecule has 2 fully saturated rings. The molecule has 3 nitrogen and oxygen atoms in total. The van der Waals surface area contributed by atoms with Crippen molar-refractivity contribution >= 4 is 0 Å². The molecule has 0 radical (unpaired) electrons. The molecule has 0 spiro atoms. The highest BCUT2D eigenvalue weighted by molar-refractivity contribution is 4.78. The summed E-state index contributed by atoms with van der Waals surface area (Å²) in [6.07, 6.45) is 5.65. The van der Waals surface area contributed by atoms with Crippen LogP contribution in [0.3, 0.4) is 0 Å². The number of piperazine rings is 1. The van der Waals surface area contributed by atoms with E-state index in [9.17, 15) is 0 Å². The molecular weight excluding hydrogens is 186 g/mol. The van der Waals surface area contributed by atoms with Gasteiger partial charge in [0.25, 0.3) is 0 Å². The van der Waals surface area contributed by atoms with Crippen LogP contribution >= 0.6 is 0 Å². The fourth-order valence-corrected chi connectivity index (χ4v) is 2.46. The Morgan fingerprint density at radius 1 is 1.40 bits per heavy atom. The second kappa shape index (κ2) is 5.83. The summed E-state index contributed by atoms with van der Waals surface area (Å²) >= 11 is 0. The molecule has 1 unspecified atom stereocenters. The quantitative estimate of drug-likeness (QED) is 0.655. The second-order valence-electron chi connectivity index (χ2n) is 5.20. The third-order valence-corrected chi connectivity index (χ3v) is 3.79. The van der Waals surface area contributed by atoms with Crippen LogP contribution in [0.15, 0.2) is 0 Å². The highest BCUT2D eigenvalue weighted by Crippen LogP contribution is 2.25. The highest BCUT2D eigenvalue weighted by Gasteiger charge is 2.18. The van der Waals surface area contributed by atoms with Crippen LogP contribution < -0.4 is 10.6 Å². The zero-order valence-electron chi connectivity index (χ0n) is 9.97. The van der Waals surface area contributed by atoms with Crippen molar-refractivity contribution in [2.24, 2.45) is 5.92 Å². The van der Waals surface area contributed by atoms with Crippen LogP contribution in [0.5, 0.6) is 0 Å². The predicted octanol–water partition coefficient (Wildman–Crippen LogP) is 0.670. The van der Waals surface area contributed by atoms with E-state index in [0.717, 1.165) is 12.5 Å². The van der Waals surface area contributed by atoms with Crippen LogP contribution in [0.2, 0.25) is 0 Å². The predicted molar refractivity (Wildman–Crippen MR) is 64.1 cm³/mol. The Hall–Kier alpha value is -0.120. The minimum atomic E-state index is 0.706. The van der Waals surface area contributed by atoms with Crippen molar-refractivity contribution in [1.82, 2.24) is 15.5 Å². The van der Waals surface area contributed by atoms with Crippen LogP contribution in [-0.2, 0) is 0 Å². The Morgan fingerprint density at radius 2 is 2.27 bits per heavy atom. The van der Waals surface area contributed by atoms with E-state index < -0.39 is 0 Å². The number of likely N-dealkylation sites (N-methyl/N-ethyl adjacent to an activating group) is 1. The average molecular weight is 211 g/mol. The molecule has 88 valence electrons. The monoisotopic (exact) mass is 211 g/mol. The summed E-state index contributed by atoms with van der Waals surface area (Å²) in [6, 6.07) is 0.706. The summed E-state index contributed by atoms with van der Waals surface area (Å²) in [5, 5.41) is 7.17. The van der Waals surface area contributed by atoms with Crippen molar-refractivity contribution in [2.45, 2.75) is 31.7 Å². The molecule has 2 rings (SSSR count). The molecule has 15 heavy (non-hydrogen) atoms. The van der Waals surface area contributed by atoms with Gasteiger partial charge in [0.15, 0.2) is 0 Å². The van der Waals surface area contributed by atoms with Gasteiger partial charge in [-0.05, 0) is 45.3 Å². The van der Waals surface area contributed by atoms with Crippen LogP contribution in [0.4, 0.5) is 0 Å². The van der Waals surface area contributed by atoms with E-state index in [0.29, 0.717) is 6.04 Å². The lowest BCUT2D eigenvalue weighted by atomic mass is 9.85. The van der Waals surface area contributed by atoms with Gasteiger partial charge in [0, 0.05) is 25.7 Å². The topological polar surface area (TPSA) is 27.3 Å². The minimum Gasteiger partial charge on any atom is -0.316 e. The first-order valence-electron chi connectivity index (χ1n) is 6.47. The van der Waals surface area contributed by atoms with E-state index in [1.165, 1.54) is 51.9 Å². The maximum Gasteiger partial charge on any atom is 0.0207 e. The molecule has 1 saturated heterocycles. The van der Waals surface area contributed by atoms with Crippen LogP contribution in [0.25, 0.3) is 0 Å². The van der Waals surface area contributed by atoms with Crippen molar-refractivity contribution in [3.8, 4) is 0 Å². The number of hydrogen-bond acceptors (Lipinski definition) is 3. The van der Waals surface area contributed by atoms with Gasteiger partial charge in [0.05, 0.1) is 0 Å². The van der Waals surface area contributed by atoms with E-state index >= 15 is 0 Å². The molecule has 2 aliphatic rings. The van der Waals surface area contributed by atoms with Crippen LogP contribution in [0, 0.1) is 5.92 Å². The summed E-state index contributed by atoms with van der Waals surface area (Å²) in [5.41, 5.74) is 0. The van der Waals surface area contributed by atoms with Gasteiger partial charge in [-0.2, -0.15) is 0 Å². The van der Waals surface area contributed by atoms with Gasteiger partial charge in [-0.25, -0.2) is 0 Å². The smallest absolute Gasteiger partial charge is 0.0207 e. The molecule has 3 heteroatoms. The first kappa shape index (κ1) is 11.4. The lowest BCUT2D eigenvalue weighted by Crippen LogP contribution is -2.50. The molecule has 1 atom stereocenters. The minimum absolute atomic E-state index is 0.706. The summed E-state index contributed by atoms with van der Waals surface area (Å²) < 4.78 is 0. The Labute approximate surface area is 93.6 Å². The van der Waals surface area contributed by atoms with E-state index in [2.05, 4.69) is 22.6 Å². The third-order valence-electron chi connectivity index (χ3n) is 3.79. The molecule has 0 aromatic rings. The Bertz CT molecular complexity index is 180. The van der Waals surface area contributed by atoms with Gasteiger partial charge in [-0.15, -0.1) is 0 Å². The standard InChI is InChI=1S/C12H25N3/c1-15-8-7-14-12(10-15)5-6-13-9-11-3-2-4-11/h11-14H,2-10H2,1H3. The summed E-state index contributed by atoms with van der Waals surface area (Å²) in [4.78, 5) is 2.42. The van der Waals surface area contributed by atoms with Crippen molar-refractivity contribution in [3.05, 3.63) is 0 Å². The van der Waals surface area contributed by atoms with E-state index in [1.54, 1.807) is 0 Å². The summed E-state index contributed by atoms with van der Waals surface area (Å²) in [7, 11) is 2.22. The maximum atomic E-state index is 3.59. The molecule has 1 saturated carbocycles. The maximum absolute atomic E-state index is 3.59. The molecule has 0 aromatic heterocycles. The SMILES string of the molecule is CN1CCNC(CCNCC2CCC2)C1. The number of hydrogen-bond donors (Lipinski definition) is 2. The van der Waals surface area contributed by atoms with Gasteiger partial charge in [-0.1, -0.05) is 6.42 Å². The molecule has 1 aliphatic heterocycles. The third kappa shape index (κ3) is 3.74. The molecule has 0 amide bonds. The summed E-state index contributed by atoms with van der Waals surface area (Å²) in [5.74, 6) is 0.993. The zero-order chi connectivity index (χ0) is 10.5. The normalized spacial score (nSPS) is 29.0. The first-order valence-corrected chi connectivity index (χ1v) is 6.47. The van der Waals surface area contributed by atoms with Gasteiger partial charge >= 0.3 is 0 Å². The van der Waals surface area contributed by atoms with Gasteiger partial charge < -0.3 is 15.5 Å². The highest BCUT2D eigenvalue weighted by atomic mass is 15.2. The van der Waals surface area contributed by atoms with Crippen LogP contribution in [0.1, 0.15) is 25.7 Å². The van der Waals surface area contributed by atoms with Crippen LogP contribution in [-0.4, -0.2) is 50.7 Å². The van der Waals surface area contributed by atoms with E-state index in [4.69, 9.17) is 0 Å². The van der Waals surface area contributed by atoms with Crippen molar-refractivity contribution in [1.29, 1.82) is 0 Å². The Kier molecular flexibility index (Phi) is 4.42. The Balaban J connectivity index is 1.49. The molecule has 0 bridgehead atoms. The number of nitrogens with one attached hydrogen (secondary N) is 2. The second-order valence-corrected chi connectivity index (χ2v) is 5.20. The van der Waals surface area contributed by atoms with Gasteiger partial charge in [0.1, 0.15) is 0 Å². The van der Waals surface area contributed by atoms with Gasteiger partial charge in [-0.3, -0.25) is 0 Å². The molecule has 1 aliphatic carbocycles. The largest absolute Gasteiger partial charge is 0.316 e. The molecular formula is C12H25N3. The van der Waals surface area contributed by atoms with Crippen molar-refractivity contribution < 1.29 is 0 Å². The van der Waals surface area contributed by atoms with Gasteiger partial charge in [0.2, 0.25) is 0 Å². The lowest BCUT2D eigenvalue weighted by molar-refractivity contribution is 0.228. The van der Waals surface area contributed by atoms with Crippen molar-refractivity contribution in [3.63, 3.8) is 0 Å². The first-order chi connectivity index (χ1) is 7.34. The fraction of sp³-hybridized carbons (Fsp3) is 1.00. The number of rotatable bonds is 5.